The van der Waals surface area contributed by atoms with Gasteiger partial charge in [0.25, 0.3) is 0 Å². The summed E-state index contributed by atoms with van der Waals surface area (Å²) in [5.74, 6) is 0.578. The maximum absolute atomic E-state index is 11.6. The number of nitrogens with zero attached hydrogens (tertiary/aromatic N) is 5. The third-order valence-electron chi connectivity index (χ3n) is 4.83. The number of aryl methyl sites for hydroxylation is 1. The van der Waals surface area contributed by atoms with Gasteiger partial charge in [-0.15, -0.1) is 0 Å². The molecule has 0 bridgehead atoms. The molecule has 7 heteroatoms. The first-order valence-electron chi connectivity index (χ1n) is 8.92. The smallest absolute Gasteiger partial charge is 0.337 e. The first-order valence-corrected chi connectivity index (χ1v) is 8.92. The van der Waals surface area contributed by atoms with Gasteiger partial charge >= 0.3 is 5.97 Å². The van der Waals surface area contributed by atoms with Crippen molar-refractivity contribution in [2.75, 3.05) is 43.1 Å². The van der Waals surface area contributed by atoms with Crippen molar-refractivity contribution in [1.82, 2.24) is 15.0 Å². The summed E-state index contributed by atoms with van der Waals surface area (Å²) >= 11 is 0. The van der Waals surface area contributed by atoms with Crippen LogP contribution in [0.15, 0.2) is 42.7 Å². The molecule has 3 heterocycles. The van der Waals surface area contributed by atoms with Crippen LogP contribution in [0.1, 0.15) is 16.1 Å². The van der Waals surface area contributed by atoms with Crippen molar-refractivity contribution in [2.45, 2.75) is 6.92 Å². The normalized spacial score (nSPS) is 14.4. The number of anilines is 2. The lowest BCUT2D eigenvalue weighted by atomic mass is 10.2. The predicted octanol–water partition coefficient (Wildman–Crippen LogP) is 2.45. The van der Waals surface area contributed by atoms with Gasteiger partial charge in [-0.2, -0.15) is 0 Å². The van der Waals surface area contributed by atoms with Gasteiger partial charge in [0.1, 0.15) is 11.8 Å². The summed E-state index contributed by atoms with van der Waals surface area (Å²) in [6.07, 6.45) is 1.60. The molecule has 1 aliphatic heterocycles. The van der Waals surface area contributed by atoms with Crippen molar-refractivity contribution >= 4 is 28.5 Å². The number of aromatic nitrogens is 3. The Kier molecular flexibility index (Phi) is 4.58. The molecule has 0 N–H and O–H groups in total. The number of pyridine rings is 1. The van der Waals surface area contributed by atoms with Gasteiger partial charge in [-0.1, -0.05) is 0 Å². The molecule has 0 atom stereocenters. The van der Waals surface area contributed by atoms with Gasteiger partial charge in [-0.3, -0.25) is 0 Å². The van der Waals surface area contributed by atoms with E-state index in [0.29, 0.717) is 5.56 Å². The summed E-state index contributed by atoms with van der Waals surface area (Å²) in [4.78, 5) is 29.6. The molecule has 1 aliphatic rings. The Morgan fingerprint density at radius 3 is 2.37 bits per heavy atom. The molecule has 4 rings (SSSR count). The zero-order chi connectivity index (χ0) is 18.8. The van der Waals surface area contributed by atoms with Gasteiger partial charge in [0, 0.05) is 37.6 Å². The highest BCUT2D eigenvalue weighted by atomic mass is 16.5. The number of ether oxygens (including phenoxy) is 1. The quantitative estimate of drug-likeness (QED) is 0.662. The molecule has 0 radical (unpaired) electrons. The first-order chi connectivity index (χ1) is 13.2. The molecule has 27 heavy (non-hydrogen) atoms. The molecule has 0 aliphatic carbocycles. The van der Waals surface area contributed by atoms with E-state index in [2.05, 4.69) is 24.8 Å². The maximum Gasteiger partial charge on any atom is 0.337 e. The third-order valence-corrected chi connectivity index (χ3v) is 4.83. The largest absolute Gasteiger partial charge is 0.465 e. The van der Waals surface area contributed by atoms with Crippen molar-refractivity contribution < 1.29 is 9.53 Å². The minimum atomic E-state index is -0.315. The Morgan fingerprint density at radius 2 is 1.67 bits per heavy atom. The average Bonchev–Trinajstić information content (AvgIpc) is 2.73. The Balaban J connectivity index is 1.49. The highest BCUT2D eigenvalue weighted by Crippen LogP contribution is 2.24. The lowest BCUT2D eigenvalue weighted by molar-refractivity contribution is 0.0601. The number of benzene rings is 1. The Labute approximate surface area is 157 Å². The average molecular weight is 363 g/mol. The third kappa shape index (κ3) is 3.40. The van der Waals surface area contributed by atoms with Crippen molar-refractivity contribution in [3.63, 3.8) is 0 Å². The van der Waals surface area contributed by atoms with Crippen LogP contribution in [0.5, 0.6) is 0 Å². The molecule has 3 aromatic rings. The number of carbonyl (C=O) groups excluding carboxylic acids is 1. The van der Waals surface area contributed by atoms with Crippen LogP contribution in [0.2, 0.25) is 0 Å². The van der Waals surface area contributed by atoms with Gasteiger partial charge in [0.2, 0.25) is 0 Å². The van der Waals surface area contributed by atoms with Crippen LogP contribution < -0.4 is 9.80 Å². The van der Waals surface area contributed by atoms with Gasteiger partial charge < -0.3 is 14.5 Å². The van der Waals surface area contributed by atoms with Crippen LogP contribution in [0.25, 0.3) is 11.0 Å². The summed E-state index contributed by atoms with van der Waals surface area (Å²) in [5.41, 5.74) is 4.35. The second kappa shape index (κ2) is 7.19. The SMILES string of the molecule is COC(=O)c1ccc(N2CCN(c3ncnc4ccc(C)nc34)CC2)cc1. The van der Waals surface area contributed by atoms with E-state index in [1.54, 1.807) is 18.5 Å². The van der Waals surface area contributed by atoms with Gasteiger partial charge in [0.15, 0.2) is 5.82 Å². The summed E-state index contributed by atoms with van der Waals surface area (Å²) in [6, 6.07) is 11.5. The zero-order valence-corrected chi connectivity index (χ0v) is 15.4. The van der Waals surface area contributed by atoms with Crippen molar-refractivity contribution in [2.24, 2.45) is 0 Å². The van der Waals surface area contributed by atoms with E-state index >= 15 is 0 Å². The number of carbonyl (C=O) groups is 1. The highest BCUT2D eigenvalue weighted by Gasteiger charge is 2.21. The van der Waals surface area contributed by atoms with Gasteiger partial charge in [-0.25, -0.2) is 19.7 Å². The number of hydrogen-bond acceptors (Lipinski definition) is 7. The Morgan fingerprint density at radius 1 is 0.963 bits per heavy atom. The van der Waals surface area contributed by atoms with Crippen LogP contribution in [-0.2, 0) is 4.74 Å². The monoisotopic (exact) mass is 363 g/mol. The minimum Gasteiger partial charge on any atom is -0.465 e. The predicted molar refractivity (Wildman–Crippen MR) is 104 cm³/mol. The van der Waals surface area contributed by atoms with Crippen LogP contribution in [0.4, 0.5) is 11.5 Å². The van der Waals surface area contributed by atoms with E-state index in [0.717, 1.165) is 54.4 Å². The van der Waals surface area contributed by atoms with E-state index in [1.807, 2.05) is 31.2 Å². The molecular weight excluding hydrogens is 342 g/mol. The van der Waals surface area contributed by atoms with Crippen molar-refractivity contribution in [3.05, 3.63) is 54.0 Å². The standard InChI is InChI=1S/C20H21N5O2/c1-14-3-8-17-18(23-14)19(22-13-21-17)25-11-9-24(10-12-25)16-6-4-15(5-7-16)20(26)27-2/h3-8,13H,9-12H2,1-2H3. The fourth-order valence-corrected chi connectivity index (χ4v) is 3.36. The second-order valence-electron chi connectivity index (χ2n) is 6.53. The first kappa shape index (κ1) is 17.2. The number of piperazine rings is 1. The maximum atomic E-state index is 11.6. The topological polar surface area (TPSA) is 71.5 Å². The summed E-state index contributed by atoms with van der Waals surface area (Å²) in [6.45, 7) is 5.41. The number of esters is 1. The Hall–Kier alpha value is -3.22. The Bertz CT molecular complexity index is 966. The van der Waals surface area contributed by atoms with Crippen LogP contribution in [0, 0.1) is 6.92 Å². The van der Waals surface area contributed by atoms with Crippen molar-refractivity contribution in [3.8, 4) is 0 Å². The van der Waals surface area contributed by atoms with Crippen molar-refractivity contribution in [1.29, 1.82) is 0 Å². The lowest BCUT2D eigenvalue weighted by Crippen LogP contribution is -2.47. The summed E-state index contributed by atoms with van der Waals surface area (Å²) in [5, 5.41) is 0. The highest BCUT2D eigenvalue weighted by molar-refractivity contribution is 5.89. The fraction of sp³-hybridized carbons (Fsp3) is 0.300. The minimum absolute atomic E-state index is 0.315. The van der Waals surface area contributed by atoms with Gasteiger partial charge in [0.05, 0.1) is 18.2 Å². The molecular formula is C20H21N5O2. The molecule has 7 nitrogen and oxygen atoms in total. The van der Waals surface area contributed by atoms with E-state index in [-0.39, 0.29) is 5.97 Å². The number of methoxy groups -OCH3 is 1. The summed E-state index contributed by atoms with van der Waals surface area (Å²) < 4.78 is 4.75. The zero-order valence-electron chi connectivity index (χ0n) is 15.4. The molecule has 1 aromatic carbocycles. The number of hydrogen-bond donors (Lipinski definition) is 0. The summed E-state index contributed by atoms with van der Waals surface area (Å²) in [7, 11) is 1.39. The van der Waals surface area contributed by atoms with E-state index in [9.17, 15) is 4.79 Å². The molecule has 1 fully saturated rings. The molecule has 1 saturated heterocycles. The van der Waals surface area contributed by atoms with E-state index in [1.165, 1.54) is 7.11 Å². The van der Waals surface area contributed by atoms with Gasteiger partial charge in [-0.05, 0) is 43.3 Å². The number of rotatable bonds is 3. The molecule has 2 aromatic heterocycles. The molecule has 0 spiro atoms. The van der Waals surface area contributed by atoms with Crippen LogP contribution in [-0.4, -0.2) is 54.2 Å². The lowest BCUT2D eigenvalue weighted by Gasteiger charge is -2.36. The number of fused-ring (bicyclic) bond motifs is 1. The second-order valence-corrected chi connectivity index (χ2v) is 6.53. The van der Waals surface area contributed by atoms with Crippen LogP contribution in [0.3, 0.4) is 0 Å². The van der Waals surface area contributed by atoms with E-state index < -0.39 is 0 Å². The fourth-order valence-electron chi connectivity index (χ4n) is 3.36. The molecule has 0 amide bonds. The van der Waals surface area contributed by atoms with Crippen LogP contribution >= 0.6 is 0 Å². The molecule has 0 saturated carbocycles. The molecule has 0 unspecified atom stereocenters. The molecule has 138 valence electrons. The van der Waals surface area contributed by atoms with E-state index in [4.69, 9.17) is 4.74 Å².